The Morgan fingerprint density at radius 3 is 1.92 bits per heavy atom. The van der Waals surface area contributed by atoms with Gasteiger partial charge < -0.3 is 15.3 Å². The summed E-state index contributed by atoms with van der Waals surface area (Å²) >= 11 is 1.86. The van der Waals surface area contributed by atoms with Crippen molar-refractivity contribution in [2.45, 2.75) is 43.7 Å². The molecule has 2 aliphatic rings. The summed E-state index contributed by atoms with van der Waals surface area (Å²) in [4.78, 5) is 24.3. The number of carboxylic acids is 2. The van der Waals surface area contributed by atoms with E-state index in [9.17, 15) is 31.4 Å². The first-order valence-electron chi connectivity index (χ1n) is 11.4. The third-order valence-electron chi connectivity index (χ3n) is 6.18. The molecule has 0 atom stereocenters. The Hall–Kier alpha value is -2.68. The van der Waals surface area contributed by atoms with Crippen molar-refractivity contribution in [2.24, 2.45) is 0 Å². The number of hydrogen-bond acceptors (Lipinski definition) is 6. The molecule has 3 N–H and O–H groups in total. The van der Waals surface area contributed by atoms with Gasteiger partial charge in [0.1, 0.15) is 0 Å². The van der Waals surface area contributed by atoms with Crippen molar-refractivity contribution in [3.63, 3.8) is 0 Å². The summed E-state index contributed by atoms with van der Waals surface area (Å²) in [5, 5.41) is 25.8. The molecule has 38 heavy (non-hydrogen) atoms. The maximum Gasteiger partial charge on any atom is 0.490 e. The van der Waals surface area contributed by atoms with Crippen molar-refractivity contribution in [1.82, 2.24) is 9.80 Å². The van der Waals surface area contributed by atoms with Crippen LogP contribution in [0, 0.1) is 0 Å². The molecule has 0 bridgehead atoms. The van der Waals surface area contributed by atoms with Crippen molar-refractivity contribution in [3.05, 3.63) is 57.8 Å². The molecule has 0 amide bonds. The zero-order valence-corrected chi connectivity index (χ0v) is 21.0. The monoisotopic (exact) mass is 570 g/mol. The second kappa shape index (κ2) is 13.4. The Morgan fingerprint density at radius 1 is 0.895 bits per heavy atom. The number of aliphatic hydroxyl groups is 1. The molecule has 1 aromatic heterocycles. The van der Waals surface area contributed by atoms with Gasteiger partial charge in [0, 0.05) is 36.5 Å². The minimum Gasteiger partial charge on any atom is -0.475 e. The topological polar surface area (TPSA) is 101 Å². The summed E-state index contributed by atoms with van der Waals surface area (Å²) in [7, 11) is 0. The minimum absolute atomic E-state index is 0.253. The van der Waals surface area contributed by atoms with E-state index in [4.69, 9.17) is 19.8 Å². The van der Waals surface area contributed by atoms with Crippen LogP contribution in [0.25, 0.3) is 0 Å². The van der Waals surface area contributed by atoms with Crippen LogP contribution in [0.5, 0.6) is 0 Å². The number of β-amino-alcohol motifs (C(OH)–C–C–N with tert-alkyl or cyclic N) is 1. The highest BCUT2D eigenvalue weighted by atomic mass is 32.1. The summed E-state index contributed by atoms with van der Waals surface area (Å²) in [6.45, 7) is 6.54. The normalized spacial score (nSPS) is 17.4. The number of aliphatic hydroxyl groups excluding tert-OH is 1. The van der Waals surface area contributed by atoms with Crippen LogP contribution < -0.4 is 0 Å². The van der Waals surface area contributed by atoms with Gasteiger partial charge >= 0.3 is 24.3 Å². The number of alkyl halides is 6. The molecule has 0 aliphatic carbocycles. The molecular weight excluding hydrogens is 542 g/mol. The standard InChI is InChI=1S/C20H26N2OS.2C2HF3O2/c23-12-11-22-14-17-4-1-2-6-19(17)20(16-22)7-9-21(10-8-20)15-18-5-3-13-24-18;2*3-2(4,5)1(6)7/h1-6,13,23H,7-12,14-16H2;2*(H,6,7). The summed E-state index contributed by atoms with van der Waals surface area (Å²) in [6, 6.07) is 13.4. The Labute approximate surface area is 218 Å². The van der Waals surface area contributed by atoms with Gasteiger partial charge in [-0.25, -0.2) is 9.59 Å². The number of piperidine rings is 1. The first kappa shape index (κ1) is 31.5. The summed E-state index contributed by atoms with van der Waals surface area (Å²) in [6.07, 6.45) is -7.73. The number of halogens is 6. The first-order chi connectivity index (χ1) is 17.7. The molecule has 0 saturated carbocycles. The average molecular weight is 571 g/mol. The Kier molecular flexibility index (Phi) is 11.1. The van der Waals surface area contributed by atoms with Crippen molar-refractivity contribution < 1.29 is 51.3 Å². The van der Waals surface area contributed by atoms with Gasteiger partial charge in [-0.15, -0.1) is 11.3 Å². The smallest absolute Gasteiger partial charge is 0.475 e. The molecule has 3 heterocycles. The Balaban J connectivity index is 0.000000301. The van der Waals surface area contributed by atoms with Crippen molar-refractivity contribution in [2.75, 3.05) is 32.8 Å². The highest BCUT2D eigenvalue weighted by molar-refractivity contribution is 7.09. The van der Waals surface area contributed by atoms with Gasteiger partial charge in [-0.3, -0.25) is 9.80 Å². The third-order valence-corrected chi connectivity index (χ3v) is 7.04. The van der Waals surface area contributed by atoms with Crippen molar-refractivity contribution in [3.8, 4) is 0 Å². The zero-order valence-electron chi connectivity index (χ0n) is 20.1. The molecule has 0 radical (unpaired) electrons. The molecule has 2 aromatic rings. The molecule has 0 unspecified atom stereocenters. The lowest BCUT2D eigenvalue weighted by molar-refractivity contribution is -0.193. The lowest BCUT2D eigenvalue weighted by atomic mass is 9.69. The minimum atomic E-state index is -5.08. The van der Waals surface area contributed by atoms with E-state index in [2.05, 4.69) is 51.6 Å². The van der Waals surface area contributed by atoms with Crippen molar-refractivity contribution in [1.29, 1.82) is 0 Å². The number of nitrogens with zero attached hydrogens (tertiary/aromatic N) is 2. The van der Waals surface area contributed by atoms with Crippen LogP contribution in [0.2, 0.25) is 0 Å². The number of aliphatic carboxylic acids is 2. The fourth-order valence-corrected chi connectivity index (χ4v) is 5.22. The molecule has 7 nitrogen and oxygen atoms in total. The van der Waals surface area contributed by atoms with Crippen LogP contribution in [0.3, 0.4) is 0 Å². The first-order valence-corrected chi connectivity index (χ1v) is 12.3. The summed E-state index contributed by atoms with van der Waals surface area (Å²) in [5.41, 5.74) is 3.30. The van der Waals surface area contributed by atoms with Crippen LogP contribution in [-0.2, 0) is 28.1 Å². The Morgan fingerprint density at radius 2 is 1.45 bits per heavy atom. The maximum absolute atomic E-state index is 10.6. The quantitative estimate of drug-likeness (QED) is 0.470. The predicted molar refractivity (Wildman–Crippen MR) is 127 cm³/mol. The van der Waals surface area contributed by atoms with E-state index in [1.165, 1.54) is 36.4 Å². The number of hydrogen-bond donors (Lipinski definition) is 3. The van der Waals surface area contributed by atoms with Crippen LogP contribution in [0.15, 0.2) is 41.8 Å². The van der Waals surface area contributed by atoms with Crippen LogP contribution in [0.1, 0.15) is 28.8 Å². The highest BCUT2D eigenvalue weighted by Crippen LogP contribution is 2.42. The highest BCUT2D eigenvalue weighted by Gasteiger charge is 2.42. The second-order valence-electron chi connectivity index (χ2n) is 8.83. The van der Waals surface area contributed by atoms with Crippen molar-refractivity contribution >= 4 is 23.3 Å². The van der Waals surface area contributed by atoms with E-state index in [1.54, 1.807) is 5.56 Å². The van der Waals surface area contributed by atoms with E-state index in [1.807, 2.05) is 11.3 Å². The zero-order chi connectivity index (χ0) is 28.6. The maximum atomic E-state index is 10.6. The van der Waals surface area contributed by atoms with Crippen LogP contribution in [0.4, 0.5) is 26.3 Å². The fourth-order valence-electron chi connectivity index (χ4n) is 4.47. The van der Waals surface area contributed by atoms with E-state index in [0.717, 1.165) is 26.2 Å². The molecule has 212 valence electrons. The van der Waals surface area contributed by atoms with E-state index in [-0.39, 0.29) is 12.0 Å². The van der Waals surface area contributed by atoms with E-state index in [0.29, 0.717) is 0 Å². The summed E-state index contributed by atoms with van der Waals surface area (Å²) in [5.74, 6) is -5.51. The second-order valence-corrected chi connectivity index (χ2v) is 9.87. The van der Waals surface area contributed by atoms with Gasteiger partial charge in [-0.1, -0.05) is 30.3 Å². The molecule has 1 saturated heterocycles. The number of fused-ring (bicyclic) bond motifs is 2. The summed E-state index contributed by atoms with van der Waals surface area (Å²) < 4.78 is 63.5. The number of benzene rings is 1. The van der Waals surface area contributed by atoms with Crippen LogP contribution in [-0.4, -0.2) is 82.2 Å². The fraction of sp³-hybridized carbons (Fsp3) is 0.500. The molecule has 1 spiro atoms. The number of likely N-dealkylation sites (tertiary alicyclic amines) is 1. The van der Waals surface area contributed by atoms with E-state index >= 15 is 0 Å². The largest absolute Gasteiger partial charge is 0.490 e. The van der Waals surface area contributed by atoms with Gasteiger partial charge in [0.25, 0.3) is 0 Å². The molecule has 1 fully saturated rings. The predicted octanol–water partition coefficient (Wildman–Crippen LogP) is 4.36. The molecule has 4 rings (SSSR count). The number of carboxylic acid groups (broad SMARTS) is 2. The van der Waals surface area contributed by atoms with Gasteiger partial charge in [0.15, 0.2) is 0 Å². The Bertz CT molecular complexity index is 1010. The number of thiophene rings is 1. The van der Waals surface area contributed by atoms with E-state index < -0.39 is 24.3 Å². The third kappa shape index (κ3) is 9.26. The SMILES string of the molecule is O=C(O)C(F)(F)F.O=C(O)C(F)(F)F.OCCN1Cc2ccccc2C2(CCN(Cc3cccs3)CC2)C1. The molecule has 2 aliphatic heterocycles. The lowest BCUT2D eigenvalue weighted by Gasteiger charge is -2.48. The molecule has 14 heteroatoms. The average Bonchev–Trinajstić information content (AvgIpc) is 3.34. The van der Waals surface area contributed by atoms with Gasteiger partial charge in [0.2, 0.25) is 0 Å². The number of rotatable bonds is 4. The number of carbonyl (C=O) groups is 2. The van der Waals surface area contributed by atoms with Gasteiger partial charge in [-0.2, -0.15) is 26.3 Å². The molecular formula is C24H28F6N2O5S. The van der Waals surface area contributed by atoms with Gasteiger partial charge in [0.05, 0.1) is 6.61 Å². The van der Waals surface area contributed by atoms with Gasteiger partial charge in [-0.05, 0) is 48.5 Å². The molecule has 1 aromatic carbocycles. The van der Waals surface area contributed by atoms with Crippen LogP contribution >= 0.6 is 11.3 Å². The lowest BCUT2D eigenvalue weighted by Crippen LogP contribution is -2.52.